The first kappa shape index (κ1) is 11.1. The van der Waals surface area contributed by atoms with Gasteiger partial charge in [0, 0.05) is 18.4 Å². The van der Waals surface area contributed by atoms with E-state index < -0.39 is 0 Å². The van der Waals surface area contributed by atoms with E-state index in [4.69, 9.17) is 0 Å². The fraction of sp³-hybridized carbons (Fsp3) is 0.385. The molecule has 86 valence electrons. The lowest BCUT2D eigenvalue weighted by molar-refractivity contribution is 0.565. The number of hydrogen-bond acceptors (Lipinski definition) is 1. The minimum Gasteiger partial charge on any atom is -0.321 e. The molecule has 0 aromatic carbocycles. The molecule has 2 rings (SSSR count). The highest BCUT2D eigenvalue weighted by molar-refractivity contribution is 5.57. The Morgan fingerprint density at radius 3 is 2.94 bits per heavy atom. The van der Waals surface area contributed by atoms with Gasteiger partial charge in [-0.1, -0.05) is 6.92 Å². The maximum absolute atomic E-state index is 13.7. The van der Waals surface area contributed by atoms with Crippen LogP contribution in [0.1, 0.15) is 19.4 Å². The lowest BCUT2D eigenvalue weighted by Gasteiger charge is -2.11. The molecule has 1 atom stereocenters. The summed E-state index contributed by atoms with van der Waals surface area (Å²) in [6, 6.07) is 5.60. The average Bonchev–Trinajstić information content (AvgIpc) is 2.63. The molecule has 2 aromatic rings. The highest BCUT2D eigenvalue weighted by Gasteiger charge is 2.09. The van der Waals surface area contributed by atoms with E-state index in [1.165, 1.54) is 6.07 Å². The third-order valence-corrected chi connectivity index (χ3v) is 2.79. The molecule has 16 heavy (non-hydrogen) atoms. The van der Waals surface area contributed by atoms with Gasteiger partial charge in [-0.3, -0.25) is 0 Å². The number of halogens is 1. The number of rotatable bonds is 4. The normalized spacial score (nSPS) is 13.2. The van der Waals surface area contributed by atoms with Crippen molar-refractivity contribution in [3.05, 3.63) is 42.0 Å². The lowest BCUT2D eigenvalue weighted by Crippen LogP contribution is -2.27. The van der Waals surface area contributed by atoms with Crippen LogP contribution in [0, 0.1) is 5.82 Å². The van der Waals surface area contributed by atoms with Gasteiger partial charge < -0.3 is 9.72 Å². The van der Waals surface area contributed by atoms with Crippen molar-refractivity contribution in [1.82, 2.24) is 9.72 Å². The Kier molecular flexibility index (Phi) is 3.25. The van der Waals surface area contributed by atoms with Crippen LogP contribution in [-0.2, 0) is 6.42 Å². The predicted molar refractivity (Wildman–Crippen MR) is 64.2 cm³/mol. The summed E-state index contributed by atoms with van der Waals surface area (Å²) in [5.41, 5.74) is 1.76. The minimum atomic E-state index is -0.147. The maximum atomic E-state index is 13.7. The van der Waals surface area contributed by atoms with Crippen LogP contribution < -0.4 is 5.32 Å². The fourth-order valence-electron chi connectivity index (χ4n) is 2.10. The molecule has 0 radical (unpaired) electrons. The second-order valence-corrected chi connectivity index (χ2v) is 4.12. The van der Waals surface area contributed by atoms with Crippen molar-refractivity contribution in [2.45, 2.75) is 26.3 Å². The third-order valence-electron chi connectivity index (χ3n) is 2.79. The molecule has 2 nitrogen and oxygen atoms in total. The predicted octanol–water partition coefficient (Wildman–Crippen LogP) is 2.62. The van der Waals surface area contributed by atoms with Crippen molar-refractivity contribution in [2.75, 3.05) is 6.54 Å². The monoisotopic (exact) mass is 220 g/mol. The van der Waals surface area contributed by atoms with E-state index in [1.807, 2.05) is 22.9 Å². The zero-order chi connectivity index (χ0) is 11.5. The fourth-order valence-corrected chi connectivity index (χ4v) is 2.10. The van der Waals surface area contributed by atoms with Crippen LogP contribution >= 0.6 is 0 Å². The van der Waals surface area contributed by atoms with E-state index in [2.05, 4.69) is 19.2 Å². The molecule has 0 saturated carbocycles. The summed E-state index contributed by atoms with van der Waals surface area (Å²) in [6.07, 6.45) is 4.64. The quantitative estimate of drug-likeness (QED) is 0.837. The van der Waals surface area contributed by atoms with Crippen LogP contribution in [0.15, 0.2) is 30.6 Å². The Morgan fingerprint density at radius 2 is 2.19 bits per heavy atom. The summed E-state index contributed by atoms with van der Waals surface area (Å²) in [7, 11) is 0. The van der Waals surface area contributed by atoms with Gasteiger partial charge in [0.2, 0.25) is 0 Å². The van der Waals surface area contributed by atoms with Gasteiger partial charge in [-0.05, 0) is 43.7 Å². The van der Waals surface area contributed by atoms with Crippen LogP contribution in [0.5, 0.6) is 0 Å². The number of likely N-dealkylation sites (N-methyl/N-ethyl adjacent to an activating group) is 1. The molecule has 0 aliphatic heterocycles. The van der Waals surface area contributed by atoms with Crippen LogP contribution in [-0.4, -0.2) is 17.0 Å². The van der Waals surface area contributed by atoms with E-state index >= 15 is 0 Å². The molecule has 3 heteroatoms. The summed E-state index contributed by atoms with van der Waals surface area (Å²) < 4.78 is 15.5. The first-order valence-corrected chi connectivity index (χ1v) is 5.69. The van der Waals surface area contributed by atoms with Gasteiger partial charge in [0.1, 0.15) is 5.82 Å². The second-order valence-electron chi connectivity index (χ2n) is 4.12. The molecular weight excluding hydrogens is 203 g/mol. The molecule has 0 spiro atoms. The van der Waals surface area contributed by atoms with E-state index in [1.54, 1.807) is 6.07 Å². The zero-order valence-corrected chi connectivity index (χ0v) is 9.70. The first-order valence-electron chi connectivity index (χ1n) is 5.69. The van der Waals surface area contributed by atoms with Gasteiger partial charge in [-0.15, -0.1) is 0 Å². The molecule has 2 aromatic heterocycles. The van der Waals surface area contributed by atoms with Crippen LogP contribution in [0.4, 0.5) is 4.39 Å². The zero-order valence-electron chi connectivity index (χ0n) is 9.70. The molecule has 2 heterocycles. The topological polar surface area (TPSA) is 16.4 Å². The Bertz CT molecular complexity index is 476. The number of fused-ring (bicyclic) bond motifs is 1. The van der Waals surface area contributed by atoms with Crippen molar-refractivity contribution >= 4 is 5.52 Å². The summed E-state index contributed by atoms with van der Waals surface area (Å²) in [4.78, 5) is 0. The third kappa shape index (κ3) is 2.09. The van der Waals surface area contributed by atoms with Gasteiger partial charge in [-0.2, -0.15) is 0 Å². The number of nitrogens with zero attached hydrogens (tertiary/aromatic N) is 1. The smallest absolute Gasteiger partial charge is 0.147 e. The highest BCUT2D eigenvalue weighted by atomic mass is 19.1. The van der Waals surface area contributed by atoms with Gasteiger partial charge >= 0.3 is 0 Å². The van der Waals surface area contributed by atoms with Crippen molar-refractivity contribution in [1.29, 1.82) is 0 Å². The molecule has 0 saturated heterocycles. The molecule has 0 aliphatic carbocycles. The SMILES string of the molecule is CCNC(C)Cc1ccn2cccc(F)c12. The summed E-state index contributed by atoms with van der Waals surface area (Å²) in [5, 5.41) is 3.34. The van der Waals surface area contributed by atoms with Crippen LogP contribution in [0.3, 0.4) is 0 Å². The van der Waals surface area contributed by atoms with Gasteiger partial charge in [0.05, 0.1) is 5.52 Å². The van der Waals surface area contributed by atoms with E-state index in [0.29, 0.717) is 11.6 Å². The Balaban J connectivity index is 2.31. The maximum Gasteiger partial charge on any atom is 0.147 e. The molecule has 0 amide bonds. The van der Waals surface area contributed by atoms with E-state index in [-0.39, 0.29) is 5.82 Å². The second kappa shape index (κ2) is 4.66. The number of hydrogen-bond donors (Lipinski definition) is 1. The van der Waals surface area contributed by atoms with E-state index in [9.17, 15) is 4.39 Å². The molecule has 0 aliphatic rings. The van der Waals surface area contributed by atoms with Crippen LogP contribution in [0.25, 0.3) is 5.52 Å². The van der Waals surface area contributed by atoms with Gasteiger partial charge in [0.25, 0.3) is 0 Å². The lowest BCUT2D eigenvalue weighted by atomic mass is 10.1. The molecule has 0 fully saturated rings. The van der Waals surface area contributed by atoms with Gasteiger partial charge in [0.15, 0.2) is 0 Å². The Labute approximate surface area is 95.1 Å². The van der Waals surface area contributed by atoms with Crippen molar-refractivity contribution < 1.29 is 4.39 Å². The summed E-state index contributed by atoms with van der Waals surface area (Å²) in [5.74, 6) is -0.147. The Morgan fingerprint density at radius 1 is 1.38 bits per heavy atom. The molecule has 1 N–H and O–H groups in total. The van der Waals surface area contributed by atoms with Gasteiger partial charge in [-0.25, -0.2) is 4.39 Å². The summed E-state index contributed by atoms with van der Waals surface area (Å²) >= 11 is 0. The van der Waals surface area contributed by atoms with Crippen LogP contribution in [0.2, 0.25) is 0 Å². The molecular formula is C13H17FN2. The molecule has 0 bridgehead atoms. The number of aromatic nitrogens is 1. The Hall–Kier alpha value is -1.35. The van der Waals surface area contributed by atoms with E-state index in [0.717, 1.165) is 18.5 Å². The largest absolute Gasteiger partial charge is 0.321 e. The minimum absolute atomic E-state index is 0.147. The standard InChI is InChI=1S/C13H17FN2/c1-3-15-10(2)9-11-6-8-16-7-4-5-12(14)13(11)16/h4-8,10,15H,3,9H2,1-2H3. The van der Waals surface area contributed by atoms with Crippen molar-refractivity contribution in [3.63, 3.8) is 0 Å². The highest BCUT2D eigenvalue weighted by Crippen LogP contribution is 2.17. The van der Waals surface area contributed by atoms with Crippen molar-refractivity contribution in [3.8, 4) is 0 Å². The number of nitrogens with one attached hydrogen (secondary N) is 1. The first-order chi connectivity index (χ1) is 7.72. The summed E-state index contributed by atoms with van der Waals surface area (Å²) in [6.45, 7) is 5.14. The van der Waals surface area contributed by atoms with Crippen molar-refractivity contribution in [2.24, 2.45) is 0 Å². The molecule has 1 unspecified atom stereocenters. The number of pyridine rings is 1. The average molecular weight is 220 g/mol.